The largest absolute Gasteiger partial charge is 0.301 e. The first-order valence-electron chi connectivity index (χ1n) is 9.01. The third-order valence-electron chi connectivity index (χ3n) is 3.36. The molecule has 2 N–H and O–H groups in total. The minimum atomic E-state index is 1.08. The molecule has 0 fully saturated rings. The van der Waals surface area contributed by atoms with E-state index >= 15 is 0 Å². The molecule has 0 aliphatic heterocycles. The molecular weight excluding hydrogens is 397 g/mol. The minimum absolute atomic E-state index is 1.08. The Kier molecular flexibility index (Phi) is 10.0. The number of hydrogen-bond donors (Lipinski definition) is 2. The molecule has 2 rings (SSSR count). The van der Waals surface area contributed by atoms with Gasteiger partial charge in [0.15, 0.2) is 0 Å². The second-order valence-corrected chi connectivity index (χ2v) is 10.7. The summed E-state index contributed by atoms with van der Waals surface area (Å²) >= 11 is 7.53. The quantitative estimate of drug-likeness (QED) is 0.285. The van der Waals surface area contributed by atoms with E-state index < -0.39 is 0 Å². The standard InChI is InChI=1S/C20H28N2S4/c1-5-23-17-9-15(10-18(13-17)24-6-2)21-22-16-11-19(25-7-3)14-20(12-16)26-8-4/h9-14,21-22H,5-8H2,1-4H3. The Hall–Kier alpha value is -0.560. The fraction of sp³-hybridized carbons (Fsp3) is 0.400. The summed E-state index contributed by atoms with van der Waals surface area (Å²) in [6.45, 7) is 8.78. The van der Waals surface area contributed by atoms with Crippen molar-refractivity contribution < 1.29 is 0 Å². The molecule has 0 saturated heterocycles. The van der Waals surface area contributed by atoms with Crippen LogP contribution in [0.1, 0.15) is 27.7 Å². The van der Waals surface area contributed by atoms with Gasteiger partial charge >= 0.3 is 0 Å². The van der Waals surface area contributed by atoms with E-state index in [1.165, 1.54) is 19.6 Å². The summed E-state index contributed by atoms with van der Waals surface area (Å²) in [5, 5.41) is 0. The van der Waals surface area contributed by atoms with Crippen LogP contribution >= 0.6 is 47.0 Å². The molecule has 6 heteroatoms. The van der Waals surface area contributed by atoms with Gasteiger partial charge in [0.2, 0.25) is 0 Å². The predicted octanol–water partition coefficient (Wildman–Crippen LogP) is 7.57. The second-order valence-electron chi connectivity index (χ2n) is 5.37. The van der Waals surface area contributed by atoms with E-state index in [0.29, 0.717) is 0 Å². The number of hydrazine groups is 1. The van der Waals surface area contributed by atoms with Gasteiger partial charge in [0.1, 0.15) is 0 Å². The van der Waals surface area contributed by atoms with Gasteiger partial charge in [-0.2, -0.15) is 0 Å². The maximum Gasteiger partial charge on any atom is 0.0562 e. The highest BCUT2D eigenvalue weighted by atomic mass is 32.2. The van der Waals surface area contributed by atoms with Crippen molar-refractivity contribution in [3.63, 3.8) is 0 Å². The van der Waals surface area contributed by atoms with Crippen molar-refractivity contribution in [2.45, 2.75) is 47.3 Å². The Balaban J connectivity index is 2.16. The molecule has 142 valence electrons. The average Bonchev–Trinajstić information content (AvgIpc) is 2.61. The highest BCUT2D eigenvalue weighted by molar-refractivity contribution is 8.00. The molecule has 2 aromatic rings. The third-order valence-corrected chi connectivity index (χ3v) is 6.79. The van der Waals surface area contributed by atoms with Crippen LogP contribution in [0.5, 0.6) is 0 Å². The zero-order valence-corrected chi connectivity index (χ0v) is 19.2. The van der Waals surface area contributed by atoms with Gasteiger partial charge in [-0.05, 0) is 59.4 Å². The summed E-state index contributed by atoms with van der Waals surface area (Å²) in [6.07, 6.45) is 0. The number of hydrogen-bond acceptors (Lipinski definition) is 6. The van der Waals surface area contributed by atoms with Crippen molar-refractivity contribution in [3.8, 4) is 0 Å². The molecule has 0 aliphatic rings. The molecule has 0 spiro atoms. The number of nitrogens with one attached hydrogen (secondary N) is 2. The van der Waals surface area contributed by atoms with Gasteiger partial charge in [-0.25, -0.2) is 0 Å². The first kappa shape index (κ1) is 21.7. The van der Waals surface area contributed by atoms with Crippen LogP contribution in [-0.4, -0.2) is 23.0 Å². The smallest absolute Gasteiger partial charge is 0.0562 e. The first-order valence-corrected chi connectivity index (χ1v) is 13.0. The van der Waals surface area contributed by atoms with Crippen LogP contribution in [0.3, 0.4) is 0 Å². The molecule has 26 heavy (non-hydrogen) atoms. The average molecular weight is 425 g/mol. The SMILES string of the molecule is CCSc1cc(NNc2cc(SCC)cc(SCC)c2)cc(SCC)c1. The number of rotatable bonds is 11. The van der Waals surface area contributed by atoms with E-state index in [-0.39, 0.29) is 0 Å². The van der Waals surface area contributed by atoms with Gasteiger partial charge in [-0.15, -0.1) is 47.0 Å². The van der Waals surface area contributed by atoms with Crippen LogP contribution in [0.25, 0.3) is 0 Å². The van der Waals surface area contributed by atoms with E-state index in [4.69, 9.17) is 0 Å². The summed E-state index contributed by atoms with van der Waals surface area (Å²) in [4.78, 5) is 5.25. The molecule has 0 heterocycles. The Morgan fingerprint density at radius 3 is 1.00 bits per heavy atom. The van der Waals surface area contributed by atoms with Gasteiger partial charge in [-0.1, -0.05) is 27.7 Å². The zero-order chi connectivity index (χ0) is 18.8. The normalized spacial score (nSPS) is 10.8. The Bertz CT molecular complexity index is 584. The molecule has 2 aromatic carbocycles. The molecule has 0 amide bonds. The van der Waals surface area contributed by atoms with E-state index in [1.807, 2.05) is 47.0 Å². The number of anilines is 2. The van der Waals surface area contributed by atoms with E-state index in [0.717, 1.165) is 34.4 Å². The van der Waals surface area contributed by atoms with Gasteiger partial charge < -0.3 is 10.9 Å². The second kappa shape index (κ2) is 12.0. The van der Waals surface area contributed by atoms with E-state index in [9.17, 15) is 0 Å². The van der Waals surface area contributed by atoms with Crippen LogP contribution in [0.4, 0.5) is 11.4 Å². The molecule has 0 aromatic heterocycles. The third kappa shape index (κ3) is 7.22. The molecule has 0 aliphatic carbocycles. The summed E-state index contributed by atoms with van der Waals surface area (Å²) < 4.78 is 0. The fourth-order valence-corrected chi connectivity index (χ4v) is 5.60. The van der Waals surface area contributed by atoms with Crippen molar-refractivity contribution in [2.75, 3.05) is 33.9 Å². The van der Waals surface area contributed by atoms with Crippen LogP contribution in [0, 0.1) is 0 Å². The minimum Gasteiger partial charge on any atom is -0.301 e. The summed E-state index contributed by atoms with van der Waals surface area (Å²) in [6, 6.07) is 13.4. The highest BCUT2D eigenvalue weighted by Crippen LogP contribution is 2.31. The van der Waals surface area contributed by atoms with Crippen LogP contribution < -0.4 is 10.9 Å². The Labute approximate surface area is 175 Å². The van der Waals surface area contributed by atoms with Gasteiger partial charge in [-0.3, -0.25) is 0 Å². The first-order chi connectivity index (χ1) is 12.7. The van der Waals surface area contributed by atoms with Gasteiger partial charge in [0.25, 0.3) is 0 Å². The monoisotopic (exact) mass is 424 g/mol. The number of benzene rings is 2. The maximum atomic E-state index is 3.40. The van der Waals surface area contributed by atoms with Gasteiger partial charge in [0.05, 0.1) is 11.4 Å². The summed E-state index contributed by atoms with van der Waals surface area (Å²) in [5.41, 5.74) is 9.02. The highest BCUT2D eigenvalue weighted by Gasteiger charge is 2.04. The molecule has 2 nitrogen and oxygen atoms in total. The van der Waals surface area contributed by atoms with Crippen molar-refractivity contribution in [2.24, 2.45) is 0 Å². The lowest BCUT2D eigenvalue weighted by atomic mass is 10.3. The molecule has 0 bridgehead atoms. The van der Waals surface area contributed by atoms with Crippen LogP contribution in [0.2, 0.25) is 0 Å². The molecule has 0 atom stereocenters. The van der Waals surface area contributed by atoms with Crippen molar-refractivity contribution in [1.29, 1.82) is 0 Å². The fourth-order valence-electron chi connectivity index (χ4n) is 2.43. The molecule has 0 radical (unpaired) electrons. The van der Waals surface area contributed by atoms with Crippen molar-refractivity contribution >= 4 is 58.4 Å². The molecule has 0 saturated carbocycles. The maximum absolute atomic E-state index is 3.40. The molecular formula is C20H28N2S4. The zero-order valence-electron chi connectivity index (χ0n) is 15.9. The topological polar surface area (TPSA) is 24.1 Å². The predicted molar refractivity (Wildman–Crippen MR) is 126 cm³/mol. The van der Waals surface area contributed by atoms with E-state index in [1.54, 1.807) is 0 Å². The van der Waals surface area contributed by atoms with Crippen molar-refractivity contribution in [1.82, 2.24) is 0 Å². The van der Waals surface area contributed by atoms with Crippen LogP contribution in [-0.2, 0) is 0 Å². The Morgan fingerprint density at radius 2 is 0.769 bits per heavy atom. The summed E-state index contributed by atoms with van der Waals surface area (Å²) in [5.74, 6) is 4.34. The van der Waals surface area contributed by atoms with E-state index in [2.05, 4.69) is 74.9 Å². The van der Waals surface area contributed by atoms with Crippen LogP contribution in [0.15, 0.2) is 56.0 Å². The number of thioether (sulfide) groups is 4. The Morgan fingerprint density at radius 1 is 0.500 bits per heavy atom. The van der Waals surface area contributed by atoms with Crippen molar-refractivity contribution in [3.05, 3.63) is 36.4 Å². The lowest BCUT2D eigenvalue weighted by Gasteiger charge is -2.14. The van der Waals surface area contributed by atoms with Gasteiger partial charge in [0, 0.05) is 19.6 Å². The molecule has 0 unspecified atom stereocenters. The lowest BCUT2D eigenvalue weighted by Crippen LogP contribution is -2.09. The summed E-state index contributed by atoms with van der Waals surface area (Å²) in [7, 11) is 0. The lowest BCUT2D eigenvalue weighted by molar-refractivity contribution is 1.26.